The average molecular weight is 259 g/mol. The number of nitrogens with one attached hydrogen (secondary N) is 1. The third-order valence-corrected chi connectivity index (χ3v) is 3.88. The monoisotopic (exact) mass is 259 g/mol. The second-order valence-electron chi connectivity index (χ2n) is 5.51. The Morgan fingerprint density at radius 1 is 1.37 bits per heavy atom. The standard InChI is InChI=1S/C16H18FNO/c17-14-7-6-12-2-1-3-13(15(12)9-14)8-16(19)18-10-11-4-5-11/h6-9,11H,1-5,10H2,(H,18,19)/b13-8+. The van der Waals surface area contributed by atoms with Crippen molar-refractivity contribution in [2.24, 2.45) is 5.92 Å². The molecular weight excluding hydrogens is 241 g/mol. The van der Waals surface area contributed by atoms with Crippen LogP contribution in [-0.4, -0.2) is 12.5 Å². The average Bonchev–Trinajstić information content (AvgIpc) is 3.21. The van der Waals surface area contributed by atoms with Gasteiger partial charge in [0.05, 0.1) is 0 Å². The van der Waals surface area contributed by atoms with E-state index in [1.165, 1.54) is 18.9 Å². The number of rotatable bonds is 3. The summed E-state index contributed by atoms with van der Waals surface area (Å²) in [6.07, 6.45) is 6.96. The number of halogens is 1. The minimum atomic E-state index is -0.232. The van der Waals surface area contributed by atoms with Gasteiger partial charge < -0.3 is 5.32 Å². The Bertz CT molecular complexity index is 532. The van der Waals surface area contributed by atoms with Crippen molar-refractivity contribution >= 4 is 11.5 Å². The zero-order valence-corrected chi connectivity index (χ0v) is 10.9. The first kappa shape index (κ1) is 12.4. The number of carbonyl (C=O) groups excluding carboxylic acids is 1. The van der Waals surface area contributed by atoms with Crippen LogP contribution in [0.5, 0.6) is 0 Å². The van der Waals surface area contributed by atoms with Crippen molar-refractivity contribution in [3.8, 4) is 0 Å². The topological polar surface area (TPSA) is 29.1 Å². The summed E-state index contributed by atoms with van der Waals surface area (Å²) in [6.45, 7) is 0.776. The van der Waals surface area contributed by atoms with E-state index >= 15 is 0 Å². The lowest BCUT2D eigenvalue weighted by molar-refractivity contribution is -0.116. The fourth-order valence-corrected chi connectivity index (χ4v) is 2.60. The molecule has 0 radical (unpaired) electrons. The van der Waals surface area contributed by atoms with E-state index < -0.39 is 0 Å². The van der Waals surface area contributed by atoms with Gasteiger partial charge >= 0.3 is 0 Å². The molecule has 1 fully saturated rings. The Morgan fingerprint density at radius 3 is 3.00 bits per heavy atom. The maximum Gasteiger partial charge on any atom is 0.244 e. The molecule has 2 nitrogen and oxygen atoms in total. The van der Waals surface area contributed by atoms with E-state index in [-0.39, 0.29) is 11.7 Å². The van der Waals surface area contributed by atoms with Crippen LogP contribution in [0.2, 0.25) is 0 Å². The summed E-state index contributed by atoms with van der Waals surface area (Å²) in [6, 6.07) is 4.88. The molecular formula is C16H18FNO. The minimum Gasteiger partial charge on any atom is -0.352 e. The van der Waals surface area contributed by atoms with Crippen LogP contribution in [0, 0.1) is 11.7 Å². The van der Waals surface area contributed by atoms with Crippen molar-refractivity contribution in [1.82, 2.24) is 5.32 Å². The van der Waals surface area contributed by atoms with Crippen LogP contribution < -0.4 is 5.32 Å². The van der Waals surface area contributed by atoms with E-state index in [0.717, 1.165) is 42.5 Å². The van der Waals surface area contributed by atoms with Crippen LogP contribution in [-0.2, 0) is 11.2 Å². The van der Waals surface area contributed by atoms with E-state index in [1.807, 2.05) is 6.07 Å². The zero-order chi connectivity index (χ0) is 13.2. The van der Waals surface area contributed by atoms with Crippen molar-refractivity contribution in [3.05, 3.63) is 41.2 Å². The van der Waals surface area contributed by atoms with Crippen LogP contribution in [0.3, 0.4) is 0 Å². The lowest BCUT2D eigenvalue weighted by Gasteiger charge is -2.19. The first-order chi connectivity index (χ1) is 9.22. The molecule has 0 spiro atoms. The normalized spacial score (nSPS) is 20.2. The molecule has 2 aliphatic carbocycles. The Labute approximate surface area is 112 Å². The van der Waals surface area contributed by atoms with Gasteiger partial charge in [0.15, 0.2) is 0 Å². The number of hydrogen-bond donors (Lipinski definition) is 1. The van der Waals surface area contributed by atoms with Gasteiger partial charge in [0.25, 0.3) is 0 Å². The van der Waals surface area contributed by atoms with E-state index in [4.69, 9.17) is 0 Å². The molecule has 0 saturated heterocycles. The lowest BCUT2D eigenvalue weighted by Crippen LogP contribution is -2.24. The second kappa shape index (κ2) is 5.16. The third kappa shape index (κ3) is 3.03. The summed E-state index contributed by atoms with van der Waals surface area (Å²) in [4.78, 5) is 11.9. The molecule has 1 aromatic carbocycles. The third-order valence-electron chi connectivity index (χ3n) is 3.88. The number of aryl methyl sites for hydroxylation is 1. The van der Waals surface area contributed by atoms with Crippen LogP contribution in [0.15, 0.2) is 24.3 Å². The van der Waals surface area contributed by atoms with Crippen molar-refractivity contribution in [1.29, 1.82) is 0 Å². The number of fused-ring (bicyclic) bond motifs is 1. The van der Waals surface area contributed by atoms with Gasteiger partial charge in [0.2, 0.25) is 5.91 Å². The van der Waals surface area contributed by atoms with E-state index in [9.17, 15) is 9.18 Å². The molecule has 0 aliphatic heterocycles. The zero-order valence-electron chi connectivity index (χ0n) is 10.9. The van der Waals surface area contributed by atoms with Crippen LogP contribution >= 0.6 is 0 Å². The summed E-state index contributed by atoms with van der Waals surface area (Å²) < 4.78 is 13.3. The highest BCUT2D eigenvalue weighted by Gasteiger charge is 2.21. The smallest absolute Gasteiger partial charge is 0.244 e. The van der Waals surface area contributed by atoms with Gasteiger partial charge in [-0.3, -0.25) is 4.79 Å². The van der Waals surface area contributed by atoms with Crippen molar-refractivity contribution in [2.45, 2.75) is 32.1 Å². The predicted molar refractivity (Wildman–Crippen MR) is 73.0 cm³/mol. The van der Waals surface area contributed by atoms with E-state index in [2.05, 4.69) is 5.32 Å². The predicted octanol–water partition coefficient (Wildman–Crippen LogP) is 3.07. The number of carbonyl (C=O) groups is 1. The van der Waals surface area contributed by atoms with E-state index in [1.54, 1.807) is 12.1 Å². The molecule has 2 aliphatic rings. The Hall–Kier alpha value is -1.64. The summed E-state index contributed by atoms with van der Waals surface area (Å²) in [5, 5.41) is 2.93. The number of hydrogen-bond acceptors (Lipinski definition) is 1. The van der Waals surface area contributed by atoms with Gasteiger partial charge in [0.1, 0.15) is 5.82 Å². The summed E-state index contributed by atoms with van der Waals surface area (Å²) in [7, 11) is 0. The highest BCUT2D eigenvalue weighted by atomic mass is 19.1. The van der Waals surface area contributed by atoms with Gasteiger partial charge in [-0.25, -0.2) is 4.39 Å². The summed E-state index contributed by atoms with van der Waals surface area (Å²) >= 11 is 0. The van der Waals surface area contributed by atoms with Crippen molar-refractivity contribution < 1.29 is 9.18 Å². The van der Waals surface area contributed by atoms with Crippen molar-refractivity contribution in [2.75, 3.05) is 6.54 Å². The lowest BCUT2D eigenvalue weighted by atomic mass is 9.87. The molecule has 1 aromatic rings. The van der Waals surface area contributed by atoms with Gasteiger partial charge in [0, 0.05) is 12.6 Å². The van der Waals surface area contributed by atoms with Crippen LogP contribution in [0.25, 0.3) is 5.57 Å². The first-order valence-corrected chi connectivity index (χ1v) is 6.99. The molecule has 0 bridgehead atoms. The molecule has 1 saturated carbocycles. The van der Waals surface area contributed by atoms with E-state index in [0.29, 0.717) is 5.92 Å². The van der Waals surface area contributed by atoms with Gasteiger partial charge in [-0.05, 0) is 66.9 Å². The molecule has 0 aromatic heterocycles. The molecule has 0 atom stereocenters. The largest absolute Gasteiger partial charge is 0.352 e. The maximum atomic E-state index is 13.3. The molecule has 0 unspecified atom stereocenters. The maximum absolute atomic E-state index is 13.3. The first-order valence-electron chi connectivity index (χ1n) is 6.99. The fraction of sp³-hybridized carbons (Fsp3) is 0.438. The van der Waals surface area contributed by atoms with Crippen LogP contribution in [0.4, 0.5) is 4.39 Å². The highest BCUT2D eigenvalue weighted by molar-refractivity contribution is 5.95. The van der Waals surface area contributed by atoms with Crippen LogP contribution in [0.1, 0.15) is 36.8 Å². The summed E-state index contributed by atoms with van der Waals surface area (Å²) in [5.41, 5.74) is 3.02. The Morgan fingerprint density at radius 2 is 2.21 bits per heavy atom. The number of amides is 1. The quantitative estimate of drug-likeness (QED) is 0.830. The fourth-order valence-electron chi connectivity index (χ4n) is 2.60. The molecule has 1 N–H and O–H groups in total. The molecule has 1 amide bonds. The number of benzene rings is 1. The Kier molecular flexibility index (Phi) is 3.36. The second-order valence-corrected chi connectivity index (χ2v) is 5.51. The summed E-state index contributed by atoms with van der Waals surface area (Å²) in [5.74, 6) is 0.405. The molecule has 0 heterocycles. The molecule has 19 heavy (non-hydrogen) atoms. The Balaban J connectivity index is 1.77. The molecule has 100 valence electrons. The minimum absolute atomic E-state index is 0.0426. The number of allylic oxidation sites excluding steroid dienone is 1. The highest BCUT2D eigenvalue weighted by Crippen LogP contribution is 2.31. The molecule has 3 rings (SSSR count). The van der Waals surface area contributed by atoms with Gasteiger partial charge in [-0.2, -0.15) is 0 Å². The van der Waals surface area contributed by atoms with Gasteiger partial charge in [-0.1, -0.05) is 6.07 Å². The van der Waals surface area contributed by atoms with Gasteiger partial charge in [-0.15, -0.1) is 0 Å². The molecule has 3 heteroatoms. The van der Waals surface area contributed by atoms with Crippen molar-refractivity contribution in [3.63, 3.8) is 0 Å². The SMILES string of the molecule is O=C(/C=C1\CCCc2ccc(F)cc21)NCC1CC1.